The maximum Gasteiger partial charge on any atom is 0.254 e. The SMILES string of the molecule is CCC(CC)C(=O)N1CCCN(C(=O)c2ccccc2)C(c2nc(C)no2)C1. The lowest BCUT2D eigenvalue weighted by atomic mass is 10.0. The van der Waals surface area contributed by atoms with Crippen molar-refractivity contribution in [2.24, 2.45) is 5.92 Å². The number of rotatable bonds is 5. The van der Waals surface area contributed by atoms with Crippen molar-refractivity contribution in [3.63, 3.8) is 0 Å². The van der Waals surface area contributed by atoms with E-state index in [1.54, 1.807) is 24.0 Å². The molecule has 150 valence electrons. The summed E-state index contributed by atoms with van der Waals surface area (Å²) < 4.78 is 5.42. The molecule has 0 N–H and O–H groups in total. The summed E-state index contributed by atoms with van der Waals surface area (Å²) in [7, 11) is 0. The predicted molar refractivity (Wildman–Crippen MR) is 105 cm³/mol. The molecule has 7 nitrogen and oxygen atoms in total. The number of hydrogen-bond donors (Lipinski definition) is 0. The highest BCUT2D eigenvalue weighted by molar-refractivity contribution is 5.94. The molecule has 3 rings (SSSR count). The Morgan fingerprint density at radius 2 is 1.89 bits per heavy atom. The van der Waals surface area contributed by atoms with E-state index in [1.165, 1.54) is 0 Å². The standard InChI is InChI=1S/C21H28N4O3/c1-4-16(5-2)20(26)24-12-9-13-25(21(27)17-10-7-6-8-11-17)18(14-24)19-22-15(3)23-28-19/h6-8,10-11,16,18H,4-5,9,12-14H2,1-3H3. The average molecular weight is 384 g/mol. The van der Waals surface area contributed by atoms with Gasteiger partial charge in [0, 0.05) is 24.6 Å². The monoisotopic (exact) mass is 384 g/mol. The quantitative estimate of drug-likeness (QED) is 0.791. The summed E-state index contributed by atoms with van der Waals surface area (Å²) in [5.74, 6) is 0.954. The molecule has 1 aromatic heterocycles. The van der Waals surface area contributed by atoms with Crippen LogP contribution in [0.5, 0.6) is 0 Å². The number of nitrogens with zero attached hydrogens (tertiary/aromatic N) is 4. The third-order valence-electron chi connectivity index (χ3n) is 5.35. The zero-order valence-corrected chi connectivity index (χ0v) is 16.8. The van der Waals surface area contributed by atoms with Crippen LogP contribution >= 0.6 is 0 Å². The second kappa shape index (κ2) is 8.99. The molecule has 0 bridgehead atoms. The molecule has 1 fully saturated rings. The van der Waals surface area contributed by atoms with Crippen LogP contribution in [0.1, 0.15) is 61.2 Å². The minimum atomic E-state index is -0.449. The molecule has 0 saturated carbocycles. The van der Waals surface area contributed by atoms with Crippen LogP contribution in [-0.4, -0.2) is 51.4 Å². The van der Waals surface area contributed by atoms with Gasteiger partial charge in [-0.25, -0.2) is 0 Å². The van der Waals surface area contributed by atoms with E-state index in [0.29, 0.717) is 43.3 Å². The second-order valence-corrected chi connectivity index (χ2v) is 7.21. The highest BCUT2D eigenvalue weighted by Gasteiger charge is 2.36. The molecule has 1 saturated heterocycles. The van der Waals surface area contributed by atoms with Crippen LogP contribution < -0.4 is 0 Å². The first-order valence-electron chi connectivity index (χ1n) is 10.00. The molecule has 1 aliphatic rings. The average Bonchev–Trinajstić information content (AvgIpc) is 3.03. The molecule has 0 aliphatic carbocycles. The largest absolute Gasteiger partial charge is 0.340 e. The van der Waals surface area contributed by atoms with Gasteiger partial charge in [-0.2, -0.15) is 4.98 Å². The van der Waals surface area contributed by atoms with E-state index in [9.17, 15) is 9.59 Å². The number of aromatic nitrogens is 2. The summed E-state index contributed by atoms with van der Waals surface area (Å²) in [5, 5.41) is 3.90. The van der Waals surface area contributed by atoms with E-state index < -0.39 is 6.04 Å². The Hall–Kier alpha value is -2.70. The van der Waals surface area contributed by atoms with E-state index in [1.807, 2.05) is 36.9 Å². The minimum absolute atomic E-state index is 0.00134. The van der Waals surface area contributed by atoms with E-state index in [2.05, 4.69) is 10.1 Å². The normalized spacial score (nSPS) is 17.6. The van der Waals surface area contributed by atoms with Gasteiger partial charge < -0.3 is 14.3 Å². The molecule has 0 spiro atoms. The van der Waals surface area contributed by atoms with Gasteiger partial charge in [-0.15, -0.1) is 0 Å². The molecule has 2 aromatic rings. The third kappa shape index (κ3) is 4.24. The molecule has 1 aliphatic heterocycles. The fraction of sp³-hybridized carbons (Fsp3) is 0.524. The van der Waals surface area contributed by atoms with Crippen molar-refractivity contribution in [2.45, 2.75) is 46.1 Å². The summed E-state index contributed by atoms with van der Waals surface area (Å²) in [4.78, 5) is 34.2. The first kappa shape index (κ1) is 20.0. The lowest BCUT2D eigenvalue weighted by Gasteiger charge is -2.30. The fourth-order valence-corrected chi connectivity index (χ4v) is 3.73. The van der Waals surface area contributed by atoms with Crippen molar-refractivity contribution in [3.05, 3.63) is 47.6 Å². The molecule has 7 heteroatoms. The van der Waals surface area contributed by atoms with Crippen molar-refractivity contribution in [2.75, 3.05) is 19.6 Å². The number of aryl methyl sites for hydroxylation is 1. The van der Waals surface area contributed by atoms with Crippen LogP contribution in [0.3, 0.4) is 0 Å². The summed E-state index contributed by atoms with van der Waals surface area (Å²) in [6.07, 6.45) is 2.33. The zero-order valence-electron chi connectivity index (χ0n) is 16.8. The molecule has 2 amide bonds. The van der Waals surface area contributed by atoms with Crippen LogP contribution in [0.2, 0.25) is 0 Å². The topological polar surface area (TPSA) is 79.5 Å². The van der Waals surface area contributed by atoms with Gasteiger partial charge in [0.25, 0.3) is 11.8 Å². The first-order valence-corrected chi connectivity index (χ1v) is 10.00. The highest BCUT2D eigenvalue weighted by atomic mass is 16.5. The lowest BCUT2D eigenvalue weighted by molar-refractivity contribution is -0.136. The number of carbonyl (C=O) groups is 2. The Labute approximate surface area is 165 Å². The van der Waals surface area contributed by atoms with Gasteiger partial charge in [0.15, 0.2) is 5.82 Å². The van der Waals surface area contributed by atoms with Crippen molar-refractivity contribution in [3.8, 4) is 0 Å². The molecule has 2 heterocycles. The zero-order chi connectivity index (χ0) is 20.1. The molecule has 1 atom stereocenters. The Bertz CT molecular complexity index is 801. The smallest absolute Gasteiger partial charge is 0.254 e. The summed E-state index contributed by atoms with van der Waals surface area (Å²) in [6, 6.07) is 8.73. The van der Waals surface area contributed by atoms with E-state index in [0.717, 1.165) is 12.8 Å². The van der Waals surface area contributed by atoms with Gasteiger partial charge in [-0.05, 0) is 38.3 Å². The maximum absolute atomic E-state index is 13.2. The maximum atomic E-state index is 13.2. The molecule has 28 heavy (non-hydrogen) atoms. The summed E-state index contributed by atoms with van der Waals surface area (Å²) in [6.45, 7) is 7.35. The predicted octanol–water partition coefficient (Wildman–Crippen LogP) is 3.23. The van der Waals surface area contributed by atoms with Crippen molar-refractivity contribution in [1.82, 2.24) is 19.9 Å². The van der Waals surface area contributed by atoms with Crippen molar-refractivity contribution in [1.29, 1.82) is 0 Å². The Kier molecular flexibility index (Phi) is 6.44. The summed E-state index contributed by atoms with van der Waals surface area (Å²) in [5.41, 5.74) is 0.614. The first-order chi connectivity index (χ1) is 13.5. The van der Waals surface area contributed by atoms with Crippen LogP contribution in [-0.2, 0) is 4.79 Å². The highest BCUT2D eigenvalue weighted by Crippen LogP contribution is 2.27. The number of hydrogen-bond acceptors (Lipinski definition) is 5. The van der Waals surface area contributed by atoms with Crippen LogP contribution in [0.4, 0.5) is 0 Å². The van der Waals surface area contributed by atoms with Gasteiger partial charge in [-0.1, -0.05) is 37.2 Å². The van der Waals surface area contributed by atoms with Gasteiger partial charge in [0.1, 0.15) is 6.04 Å². The van der Waals surface area contributed by atoms with E-state index in [-0.39, 0.29) is 17.7 Å². The van der Waals surface area contributed by atoms with Gasteiger partial charge >= 0.3 is 0 Å². The molecule has 1 unspecified atom stereocenters. The van der Waals surface area contributed by atoms with Gasteiger partial charge in [0.05, 0.1) is 6.54 Å². The van der Waals surface area contributed by atoms with Crippen molar-refractivity contribution < 1.29 is 14.1 Å². The fourth-order valence-electron chi connectivity index (χ4n) is 3.73. The number of carbonyl (C=O) groups excluding carboxylic acids is 2. The van der Waals surface area contributed by atoms with E-state index in [4.69, 9.17) is 4.52 Å². The van der Waals surface area contributed by atoms with Crippen LogP contribution in [0.25, 0.3) is 0 Å². The molecular weight excluding hydrogens is 356 g/mol. The molecule has 1 aromatic carbocycles. The second-order valence-electron chi connectivity index (χ2n) is 7.21. The van der Waals surface area contributed by atoms with Crippen LogP contribution in [0.15, 0.2) is 34.9 Å². The third-order valence-corrected chi connectivity index (χ3v) is 5.35. The number of benzene rings is 1. The van der Waals surface area contributed by atoms with Crippen molar-refractivity contribution >= 4 is 11.8 Å². The summed E-state index contributed by atoms with van der Waals surface area (Å²) >= 11 is 0. The Morgan fingerprint density at radius 1 is 1.18 bits per heavy atom. The number of amides is 2. The van der Waals surface area contributed by atoms with Crippen LogP contribution in [0, 0.1) is 12.8 Å². The molecular formula is C21H28N4O3. The Balaban J connectivity index is 1.91. The Morgan fingerprint density at radius 3 is 2.50 bits per heavy atom. The van der Waals surface area contributed by atoms with E-state index >= 15 is 0 Å². The lowest BCUT2D eigenvalue weighted by Crippen LogP contribution is -2.42. The van der Waals surface area contributed by atoms with Gasteiger partial charge in [0.2, 0.25) is 5.91 Å². The minimum Gasteiger partial charge on any atom is -0.340 e. The van der Waals surface area contributed by atoms with Gasteiger partial charge in [-0.3, -0.25) is 9.59 Å². The molecule has 0 radical (unpaired) electrons.